The molecule has 2 aromatic heterocycles. The molecule has 0 bridgehead atoms. The standard InChI is InChI=1S/C24H33N5O4/c1-5-6-23(31)32-12-10-21-25-11-9-22(28-21)29-14-17(3)27-18(4)24(29)20(30)15-33-19-8-7-16(2)26-13-19/h7-9,11,13,17-18,24,27H,5-6,10,12,14-15H2,1-4H3/t17-,18+,24+/m0/s1. The molecule has 0 unspecified atom stereocenters. The van der Waals surface area contributed by atoms with Gasteiger partial charge in [0, 0.05) is 43.4 Å². The maximum Gasteiger partial charge on any atom is 0.305 e. The maximum absolute atomic E-state index is 13.2. The van der Waals surface area contributed by atoms with Crippen molar-refractivity contribution < 1.29 is 19.1 Å². The molecule has 1 saturated heterocycles. The fourth-order valence-corrected chi connectivity index (χ4v) is 3.94. The van der Waals surface area contributed by atoms with Gasteiger partial charge in [-0.1, -0.05) is 6.92 Å². The second-order valence-corrected chi connectivity index (χ2v) is 8.40. The lowest BCUT2D eigenvalue weighted by molar-refractivity contribution is -0.143. The van der Waals surface area contributed by atoms with Crippen LogP contribution in [-0.4, -0.2) is 64.6 Å². The molecule has 9 nitrogen and oxygen atoms in total. The van der Waals surface area contributed by atoms with E-state index in [0.29, 0.717) is 36.8 Å². The number of nitrogens with one attached hydrogen (secondary N) is 1. The third-order valence-electron chi connectivity index (χ3n) is 5.45. The number of rotatable bonds is 10. The zero-order valence-electron chi connectivity index (χ0n) is 19.8. The number of hydrogen-bond acceptors (Lipinski definition) is 9. The van der Waals surface area contributed by atoms with Crippen molar-refractivity contribution in [3.8, 4) is 5.75 Å². The lowest BCUT2D eigenvalue weighted by atomic mass is 9.98. The van der Waals surface area contributed by atoms with Crippen molar-refractivity contribution in [3.63, 3.8) is 0 Å². The fraction of sp³-hybridized carbons (Fsp3) is 0.542. The molecule has 33 heavy (non-hydrogen) atoms. The van der Waals surface area contributed by atoms with Gasteiger partial charge in [0.1, 0.15) is 30.0 Å². The van der Waals surface area contributed by atoms with Gasteiger partial charge in [0.25, 0.3) is 0 Å². The normalized spacial score (nSPS) is 20.4. The number of esters is 1. The van der Waals surface area contributed by atoms with E-state index in [-0.39, 0.29) is 37.0 Å². The minimum absolute atomic E-state index is 0.0452. The lowest BCUT2D eigenvalue weighted by Gasteiger charge is -2.43. The van der Waals surface area contributed by atoms with Gasteiger partial charge >= 0.3 is 5.97 Å². The van der Waals surface area contributed by atoms with Crippen LogP contribution in [0.3, 0.4) is 0 Å². The summed E-state index contributed by atoms with van der Waals surface area (Å²) in [6.07, 6.45) is 4.88. The zero-order valence-corrected chi connectivity index (χ0v) is 19.8. The molecule has 1 aliphatic rings. The molecule has 3 heterocycles. The highest BCUT2D eigenvalue weighted by atomic mass is 16.5. The van der Waals surface area contributed by atoms with Gasteiger partial charge < -0.3 is 19.7 Å². The fourth-order valence-electron chi connectivity index (χ4n) is 3.94. The number of Topliss-reactive ketones (excluding diaryl/α,β-unsaturated/α-hetero) is 1. The van der Waals surface area contributed by atoms with Crippen molar-refractivity contribution in [2.45, 2.75) is 65.1 Å². The first-order chi connectivity index (χ1) is 15.9. The first-order valence-corrected chi connectivity index (χ1v) is 11.5. The van der Waals surface area contributed by atoms with E-state index >= 15 is 0 Å². The van der Waals surface area contributed by atoms with Crippen molar-refractivity contribution >= 4 is 17.6 Å². The average molecular weight is 456 g/mol. The molecule has 3 rings (SSSR count). The Morgan fingerprint density at radius 1 is 1.21 bits per heavy atom. The van der Waals surface area contributed by atoms with E-state index in [1.54, 1.807) is 12.4 Å². The van der Waals surface area contributed by atoms with Gasteiger partial charge in [0.2, 0.25) is 0 Å². The topological polar surface area (TPSA) is 107 Å². The molecule has 3 atom stereocenters. The highest BCUT2D eigenvalue weighted by Crippen LogP contribution is 2.22. The summed E-state index contributed by atoms with van der Waals surface area (Å²) in [5, 5.41) is 3.46. The number of ketones is 1. The van der Waals surface area contributed by atoms with Crippen LogP contribution in [0.15, 0.2) is 30.6 Å². The van der Waals surface area contributed by atoms with Gasteiger partial charge in [0.15, 0.2) is 5.78 Å². The molecule has 1 aliphatic heterocycles. The minimum atomic E-state index is -0.440. The Hall–Kier alpha value is -3.07. The van der Waals surface area contributed by atoms with Crippen molar-refractivity contribution in [2.24, 2.45) is 0 Å². The number of aryl methyl sites for hydroxylation is 1. The van der Waals surface area contributed by atoms with E-state index in [1.165, 1.54) is 0 Å². The zero-order chi connectivity index (χ0) is 23.8. The average Bonchev–Trinajstić information content (AvgIpc) is 2.78. The lowest BCUT2D eigenvalue weighted by Crippen LogP contribution is -2.64. The molecule has 1 fully saturated rings. The summed E-state index contributed by atoms with van der Waals surface area (Å²) in [6, 6.07) is 5.11. The van der Waals surface area contributed by atoms with Gasteiger partial charge in [0.05, 0.1) is 12.8 Å². The van der Waals surface area contributed by atoms with E-state index in [9.17, 15) is 9.59 Å². The molecule has 0 radical (unpaired) electrons. The molecule has 0 aromatic carbocycles. The summed E-state index contributed by atoms with van der Waals surface area (Å²) in [5.74, 6) is 1.55. The summed E-state index contributed by atoms with van der Waals surface area (Å²) in [4.78, 5) is 40.0. The van der Waals surface area contributed by atoms with Crippen LogP contribution in [-0.2, 0) is 20.7 Å². The van der Waals surface area contributed by atoms with E-state index in [0.717, 1.165) is 12.1 Å². The SMILES string of the molecule is CCCC(=O)OCCc1nccc(N2C[C@H](C)N[C@H](C)[C@@H]2C(=O)COc2ccc(C)nc2)n1. The van der Waals surface area contributed by atoms with Crippen LogP contribution in [0.25, 0.3) is 0 Å². The van der Waals surface area contributed by atoms with Crippen LogP contribution in [0, 0.1) is 6.92 Å². The molecule has 0 saturated carbocycles. The predicted molar refractivity (Wildman–Crippen MR) is 124 cm³/mol. The van der Waals surface area contributed by atoms with Gasteiger partial charge in [-0.25, -0.2) is 9.97 Å². The molecular formula is C24H33N5O4. The van der Waals surface area contributed by atoms with Crippen molar-refractivity contribution in [3.05, 3.63) is 42.1 Å². The number of nitrogens with zero attached hydrogens (tertiary/aromatic N) is 4. The molecule has 9 heteroatoms. The van der Waals surface area contributed by atoms with Crippen LogP contribution in [0.4, 0.5) is 5.82 Å². The van der Waals surface area contributed by atoms with E-state index in [4.69, 9.17) is 9.47 Å². The summed E-state index contributed by atoms with van der Waals surface area (Å²) < 4.78 is 10.9. The predicted octanol–water partition coefficient (Wildman–Crippen LogP) is 2.27. The van der Waals surface area contributed by atoms with E-state index < -0.39 is 6.04 Å². The molecule has 0 amide bonds. The van der Waals surface area contributed by atoms with Crippen molar-refractivity contribution in [1.29, 1.82) is 0 Å². The molecule has 1 N–H and O–H groups in total. The maximum atomic E-state index is 13.2. The third-order valence-corrected chi connectivity index (χ3v) is 5.45. The summed E-state index contributed by atoms with van der Waals surface area (Å²) >= 11 is 0. The Kier molecular flexibility index (Phi) is 8.71. The second-order valence-electron chi connectivity index (χ2n) is 8.40. The summed E-state index contributed by atoms with van der Waals surface area (Å²) in [6.45, 7) is 8.70. The largest absolute Gasteiger partial charge is 0.484 e. The monoisotopic (exact) mass is 455 g/mol. The number of anilines is 1. The summed E-state index contributed by atoms with van der Waals surface area (Å²) in [7, 11) is 0. The smallest absolute Gasteiger partial charge is 0.305 e. The van der Waals surface area contributed by atoms with Crippen LogP contribution >= 0.6 is 0 Å². The number of aromatic nitrogens is 3. The molecule has 0 aliphatic carbocycles. The van der Waals surface area contributed by atoms with Gasteiger partial charge in [-0.3, -0.25) is 14.6 Å². The quantitative estimate of drug-likeness (QED) is 0.540. The first kappa shape index (κ1) is 24.6. The number of carbonyl (C=O) groups excluding carboxylic acids is 2. The molecule has 178 valence electrons. The van der Waals surface area contributed by atoms with Gasteiger partial charge in [-0.15, -0.1) is 0 Å². The molecule has 0 spiro atoms. The van der Waals surface area contributed by atoms with Crippen molar-refractivity contribution in [1.82, 2.24) is 20.3 Å². The first-order valence-electron chi connectivity index (χ1n) is 11.5. The summed E-state index contributed by atoms with van der Waals surface area (Å²) in [5.41, 5.74) is 0.888. The molecule has 2 aromatic rings. The Balaban J connectivity index is 1.69. The van der Waals surface area contributed by atoms with Crippen LogP contribution in [0.2, 0.25) is 0 Å². The van der Waals surface area contributed by atoms with Gasteiger partial charge in [-0.2, -0.15) is 0 Å². The van der Waals surface area contributed by atoms with E-state index in [2.05, 4.69) is 27.2 Å². The van der Waals surface area contributed by atoms with Crippen molar-refractivity contribution in [2.75, 3.05) is 24.7 Å². The number of pyridine rings is 1. The Bertz CT molecular complexity index is 937. The molecular weight excluding hydrogens is 422 g/mol. The number of carbonyl (C=O) groups is 2. The Morgan fingerprint density at radius 3 is 2.76 bits per heavy atom. The third kappa shape index (κ3) is 6.95. The van der Waals surface area contributed by atoms with Crippen LogP contribution in [0.1, 0.15) is 45.1 Å². The van der Waals surface area contributed by atoms with Crippen LogP contribution < -0.4 is 15.0 Å². The Labute approximate surface area is 194 Å². The number of hydrogen-bond donors (Lipinski definition) is 1. The van der Waals surface area contributed by atoms with E-state index in [1.807, 2.05) is 43.9 Å². The van der Waals surface area contributed by atoms with Gasteiger partial charge in [-0.05, 0) is 45.4 Å². The Morgan fingerprint density at radius 2 is 2.03 bits per heavy atom. The highest BCUT2D eigenvalue weighted by Gasteiger charge is 2.37. The van der Waals surface area contributed by atoms with Crippen LogP contribution in [0.5, 0.6) is 5.75 Å². The number of ether oxygens (including phenoxy) is 2. The highest BCUT2D eigenvalue weighted by molar-refractivity contribution is 5.89. The minimum Gasteiger partial charge on any atom is -0.484 e. The number of piperazine rings is 1. The second kappa shape index (κ2) is 11.7.